The molecule has 0 radical (unpaired) electrons. The molecule has 5 heteroatoms. The first-order chi connectivity index (χ1) is 5.84. The Balaban J connectivity index is 3.35. The van der Waals surface area contributed by atoms with E-state index in [0.29, 0.717) is 0 Å². The number of hydrogen-bond acceptors (Lipinski definition) is 2. The molecule has 0 bridgehead atoms. The Bertz CT molecular complexity index is 333. The molecule has 2 nitrogen and oxygen atoms in total. The van der Waals surface area contributed by atoms with Gasteiger partial charge in [-0.05, 0) is 19.1 Å². The number of nitrogen functional groups attached to an aromatic ring is 1. The molecule has 0 aliphatic rings. The average Bonchev–Trinajstić information content (AvgIpc) is 1.98. The highest BCUT2D eigenvalue weighted by molar-refractivity contribution is 5.56. The molecule has 0 spiro atoms. The van der Waals surface area contributed by atoms with Gasteiger partial charge in [0.1, 0.15) is 5.75 Å². The average molecular weight is 191 g/mol. The van der Waals surface area contributed by atoms with E-state index >= 15 is 0 Å². The van der Waals surface area contributed by atoms with Crippen molar-refractivity contribution in [2.45, 2.75) is 13.1 Å². The van der Waals surface area contributed by atoms with Gasteiger partial charge in [0, 0.05) is 11.3 Å². The third-order valence-corrected chi connectivity index (χ3v) is 1.78. The Morgan fingerprint density at radius 1 is 1.31 bits per heavy atom. The molecule has 0 amide bonds. The predicted molar refractivity (Wildman–Crippen MR) is 42.3 cm³/mol. The molecule has 0 saturated carbocycles. The van der Waals surface area contributed by atoms with Crippen LogP contribution in [0.1, 0.15) is 11.1 Å². The molecule has 72 valence electrons. The van der Waals surface area contributed by atoms with Crippen LogP contribution in [0.25, 0.3) is 0 Å². The molecule has 0 atom stereocenters. The van der Waals surface area contributed by atoms with Crippen LogP contribution >= 0.6 is 0 Å². The van der Waals surface area contributed by atoms with E-state index in [9.17, 15) is 13.2 Å². The van der Waals surface area contributed by atoms with Gasteiger partial charge in [-0.2, -0.15) is 13.2 Å². The largest absolute Gasteiger partial charge is 0.507 e. The predicted octanol–water partition coefficient (Wildman–Crippen LogP) is 2.30. The number of halogens is 3. The van der Waals surface area contributed by atoms with Gasteiger partial charge in [0.15, 0.2) is 0 Å². The number of anilines is 1. The molecular formula is C8H8F3NO. The van der Waals surface area contributed by atoms with Gasteiger partial charge in [-0.15, -0.1) is 0 Å². The van der Waals surface area contributed by atoms with Crippen LogP contribution in [-0.2, 0) is 6.18 Å². The fraction of sp³-hybridized carbons (Fsp3) is 0.250. The van der Waals surface area contributed by atoms with Gasteiger partial charge in [0.2, 0.25) is 0 Å². The Morgan fingerprint density at radius 3 is 2.31 bits per heavy atom. The maximum Gasteiger partial charge on any atom is 0.419 e. The lowest BCUT2D eigenvalue weighted by molar-refractivity contribution is -0.138. The molecule has 0 saturated heterocycles. The van der Waals surface area contributed by atoms with Crippen LogP contribution in [0.5, 0.6) is 5.75 Å². The van der Waals surface area contributed by atoms with Crippen molar-refractivity contribution in [2.75, 3.05) is 5.73 Å². The molecule has 1 aromatic carbocycles. The molecule has 0 heterocycles. The van der Waals surface area contributed by atoms with Gasteiger partial charge >= 0.3 is 6.18 Å². The number of phenolic OH excluding ortho intramolecular Hbond substituents is 1. The summed E-state index contributed by atoms with van der Waals surface area (Å²) < 4.78 is 36.5. The van der Waals surface area contributed by atoms with E-state index in [2.05, 4.69) is 0 Å². The Labute approximate surface area is 72.8 Å². The zero-order chi connectivity index (χ0) is 10.2. The number of alkyl halides is 3. The summed E-state index contributed by atoms with van der Waals surface area (Å²) in [5.74, 6) is -0.799. The van der Waals surface area contributed by atoms with Gasteiger partial charge in [0.25, 0.3) is 0 Å². The fourth-order valence-corrected chi connectivity index (χ4v) is 0.945. The maximum atomic E-state index is 12.2. The second-order valence-electron chi connectivity index (χ2n) is 2.67. The van der Waals surface area contributed by atoms with Crippen LogP contribution in [0, 0.1) is 6.92 Å². The zero-order valence-electron chi connectivity index (χ0n) is 6.81. The molecule has 0 aromatic heterocycles. The van der Waals surface area contributed by atoms with E-state index in [-0.39, 0.29) is 11.3 Å². The molecule has 3 N–H and O–H groups in total. The summed E-state index contributed by atoms with van der Waals surface area (Å²) >= 11 is 0. The summed E-state index contributed by atoms with van der Waals surface area (Å²) in [4.78, 5) is 0. The Morgan fingerprint density at radius 2 is 1.85 bits per heavy atom. The molecule has 0 aliphatic carbocycles. The third kappa shape index (κ3) is 1.68. The van der Waals surface area contributed by atoms with Crippen molar-refractivity contribution in [3.05, 3.63) is 23.3 Å². The van der Waals surface area contributed by atoms with Crippen molar-refractivity contribution in [3.8, 4) is 5.75 Å². The van der Waals surface area contributed by atoms with E-state index in [1.165, 1.54) is 6.92 Å². The summed E-state index contributed by atoms with van der Waals surface area (Å²) in [5, 5.41) is 9.11. The maximum absolute atomic E-state index is 12.2. The van der Waals surface area contributed by atoms with Crippen molar-refractivity contribution in [1.82, 2.24) is 0 Å². The standard InChI is InChI=1S/C8H8F3NO/c1-4-6(12)3-2-5(7(4)13)8(9,10)11/h2-3,13H,12H2,1H3. The fourth-order valence-electron chi connectivity index (χ4n) is 0.945. The molecule has 0 unspecified atom stereocenters. The number of aromatic hydroxyl groups is 1. The summed E-state index contributed by atoms with van der Waals surface area (Å²) in [6, 6.07) is 1.88. The lowest BCUT2D eigenvalue weighted by atomic mass is 10.1. The SMILES string of the molecule is Cc1c(N)ccc(C(F)(F)F)c1O. The smallest absolute Gasteiger partial charge is 0.419 e. The zero-order valence-corrected chi connectivity index (χ0v) is 6.81. The highest BCUT2D eigenvalue weighted by Crippen LogP contribution is 2.38. The van der Waals surface area contributed by atoms with Crippen molar-refractivity contribution in [1.29, 1.82) is 0 Å². The first-order valence-corrected chi connectivity index (χ1v) is 3.49. The second-order valence-corrected chi connectivity index (χ2v) is 2.67. The number of nitrogens with two attached hydrogens (primary N) is 1. The van der Waals surface area contributed by atoms with Crippen LogP contribution < -0.4 is 5.73 Å². The topological polar surface area (TPSA) is 46.2 Å². The minimum Gasteiger partial charge on any atom is -0.507 e. The lowest BCUT2D eigenvalue weighted by Gasteiger charge is -2.11. The second kappa shape index (κ2) is 2.83. The molecule has 0 fully saturated rings. The molecule has 13 heavy (non-hydrogen) atoms. The van der Waals surface area contributed by atoms with E-state index in [1.807, 2.05) is 0 Å². The van der Waals surface area contributed by atoms with Crippen LogP contribution in [-0.4, -0.2) is 5.11 Å². The Hall–Kier alpha value is -1.39. The van der Waals surface area contributed by atoms with Crippen molar-refractivity contribution in [3.63, 3.8) is 0 Å². The molecule has 0 aliphatic heterocycles. The van der Waals surface area contributed by atoms with Crippen molar-refractivity contribution < 1.29 is 18.3 Å². The first kappa shape index (κ1) is 9.70. The van der Waals surface area contributed by atoms with Crippen LogP contribution in [0.4, 0.5) is 18.9 Å². The van der Waals surface area contributed by atoms with Gasteiger partial charge in [-0.3, -0.25) is 0 Å². The summed E-state index contributed by atoms with van der Waals surface area (Å²) in [6.07, 6.45) is -4.54. The monoisotopic (exact) mass is 191 g/mol. The van der Waals surface area contributed by atoms with E-state index in [1.54, 1.807) is 0 Å². The molecular weight excluding hydrogens is 183 g/mol. The van der Waals surface area contributed by atoms with Gasteiger partial charge in [-0.25, -0.2) is 0 Å². The quantitative estimate of drug-likeness (QED) is 0.618. The lowest BCUT2D eigenvalue weighted by Crippen LogP contribution is -2.06. The minimum atomic E-state index is -4.54. The van der Waals surface area contributed by atoms with Crippen LogP contribution in [0.2, 0.25) is 0 Å². The van der Waals surface area contributed by atoms with E-state index in [4.69, 9.17) is 10.8 Å². The van der Waals surface area contributed by atoms with Crippen LogP contribution in [0.3, 0.4) is 0 Å². The van der Waals surface area contributed by atoms with Crippen LogP contribution in [0.15, 0.2) is 12.1 Å². The number of hydrogen-bond donors (Lipinski definition) is 2. The number of phenols is 1. The molecule has 1 rings (SSSR count). The van der Waals surface area contributed by atoms with Gasteiger partial charge in [0.05, 0.1) is 5.56 Å². The third-order valence-electron chi connectivity index (χ3n) is 1.78. The van der Waals surface area contributed by atoms with Crippen molar-refractivity contribution >= 4 is 5.69 Å². The number of rotatable bonds is 0. The van der Waals surface area contributed by atoms with Gasteiger partial charge in [-0.1, -0.05) is 0 Å². The van der Waals surface area contributed by atoms with E-state index in [0.717, 1.165) is 12.1 Å². The van der Waals surface area contributed by atoms with E-state index < -0.39 is 17.5 Å². The highest BCUT2D eigenvalue weighted by atomic mass is 19.4. The molecule has 1 aromatic rings. The first-order valence-electron chi connectivity index (χ1n) is 3.49. The minimum absolute atomic E-state index is 0.0508. The summed E-state index contributed by atoms with van der Waals surface area (Å²) in [6.45, 7) is 1.33. The highest BCUT2D eigenvalue weighted by Gasteiger charge is 2.34. The summed E-state index contributed by atoms with van der Waals surface area (Å²) in [5.41, 5.74) is 4.44. The summed E-state index contributed by atoms with van der Waals surface area (Å²) in [7, 11) is 0. The van der Waals surface area contributed by atoms with Gasteiger partial charge < -0.3 is 10.8 Å². The Kier molecular flexibility index (Phi) is 2.11. The normalized spacial score (nSPS) is 11.7. The number of benzene rings is 1. The van der Waals surface area contributed by atoms with Crippen molar-refractivity contribution in [2.24, 2.45) is 0 Å².